The molecular formula is C31H36N6O. The van der Waals surface area contributed by atoms with Crippen LogP contribution >= 0.6 is 0 Å². The number of nitrogens with zero attached hydrogens (tertiary/aromatic N) is 5. The van der Waals surface area contributed by atoms with E-state index in [0.717, 1.165) is 66.6 Å². The first kappa shape index (κ1) is 27.1. The van der Waals surface area contributed by atoms with E-state index in [0.29, 0.717) is 12.0 Å². The number of aryl methyl sites for hydroxylation is 1. The molecule has 4 aromatic rings. The number of rotatable bonds is 7. The quantitative estimate of drug-likeness (QED) is 0.376. The van der Waals surface area contributed by atoms with E-state index >= 15 is 0 Å². The second kappa shape index (κ2) is 12.5. The van der Waals surface area contributed by atoms with Crippen molar-refractivity contribution >= 4 is 11.6 Å². The highest BCUT2D eigenvalue weighted by molar-refractivity contribution is 6.04. The molecule has 3 heterocycles. The van der Waals surface area contributed by atoms with Gasteiger partial charge in [-0.15, -0.1) is 0 Å². The van der Waals surface area contributed by atoms with Gasteiger partial charge in [0, 0.05) is 74.5 Å². The molecule has 5 rings (SSSR count). The fourth-order valence-electron chi connectivity index (χ4n) is 4.50. The minimum Gasteiger partial charge on any atom is -0.322 e. The van der Waals surface area contributed by atoms with Gasteiger partial charge in [0.25, 0.3) is 5.91 Å². The second-order valence-corrected chi connectivity index (χ2v) is 9.65. The summed E-state index contributed by atoms with van der Waals surface area (Å²) in [5.41, 5.74) is 6.64. The molecule has 38 heavy (non-hydrogen) atoms. The van der Waals surface area contributed by atoms with Crippen LogP contribution in [0.1, 0.15) is 40.3 Å². The van der Waals surface area contributed by atoms with Crippen molar-refractivity contribution in [3.8, 4) is 11.3 Å². The van der Waals surface area contributed by atoms with Gasteiger partial charge >= 0.3 is 0 Å². The van der Waals surface area contributed by atoms with Crippen LogP contribution in [0.4, 0.5) is 5.69 Å². The zero-order chi connectivity index (χ0) is 25.6. The fourth-order valence-corrected chi connectivity index (χ4v) is 4.50. The molecule has 1 N–H and O–H groups in total. The summed E-state index contributed by atoms with van der Waals surface area (Å²) in [6, 6.07) is 19.7. The standard InChI is InChI=1S/C30H32N6O.CH4/c1-22-5-10-27(18-26(22)19-29-32-13-11-28(34-29)25-4-3-12-31-20-25)33-30(37)24-8-6-23(7-9-24)21-36-16-14-35(2)15-17-36;/h3-13,18,20H,14-17,19,21H2,1-2H3,(H,33,37);1H4. The van der Waals surface area contributed by atoms with Crippen molar-refractivity contribution in [3.05, 3.63) is 107 Å². The van der Waals surface area contributed by atoms with Crippen LogP contribution in [-0.4, -0.2) is 63.9 Å². The van der Waals surface area contributed by atoms with E-state index in [1.165, 1.54) is 5.56 Å². The lowest BCUT2D eigenvalue weighted by Crippen LogP contribution is -2.43. The fraction of sp³-hybridized carbons (Fsp3) is 0.290. The molecule has 1 saturated heterocycles. The normalized spacial score (nSPS) is 14.1. The molecule has 0 atom stereocenters. The Kier molecular flexibility index (Phi) is 8.94. The highest BCUT2D eigenvalue weighted by Gasteiger charge is 2.14. The number of carbonyl (C=O) groups is 1. The summed E-state index contributed by atoms with van der Waals surface area (Å²) in [7, 11) is 2.16. The molecule has 0 saturated carbocycles. The summed E-state index contributed by atoms with van der Waals surface area (Å²) in [4.78, 5) is 31.1. The van der Waals surface area contributed by atoms with Crippen molar-refractivity contribution in [3.63, 3.8) is 0 Å². The second-order valence-electron chi connectivity index (χ2n) is 9.65. The van der Waals surface area contributed by atoms with Crippen molar-refractivity contribution in [2.24, 2.45) is 0 Å². The third-order valence-corrected chi connectivity index (χ3v) is 6.84. The smallest absolute Gasteiger partial charge is 0.255 e. The average Bonchev–Trinajstić information content (AvgIpc) is 2.93. The molecule has 1 amide bonds. The lowest BCUT2D eigenvalue weighted by Gasteiger charge is -2.32. The van der Waals surface area contributed by atoms with Gasteiger partial charge in [-0.2, -0.15) is 0 Å². The van der Waals surface area contributed by atoms with Gasteiger partial charge in [0.15, 0.2) is 0 Å². The van der Waals surface area contributed by atoms with Crippen LogP contribution in [0.3, 0.4) is 0 Å². The predicted octanol–water partition coefficient (Wildman–Crippen LogP) is 5.07. The van der Waals surface area contributed by atoms with Crippen molar-refractivity contribution in [2.45, 2.75) is 27.3 Å². The summed E-state index contributed by atoms with van der Waals surface area (Å²) in [6.45, 7) is 7.33. The molecule has 1 fully saturated rings. The van der Waals surface area contributed by atoms with Crippen LogP contribution in [0.5, 0.6) is 0 Å². The zero-order valence-corrected chi connectivity index (χ0v) is 21.4. The number of amides is 1. The topological polar surface area (TPSA) is 74.2 Å². The van der Waals surface area contributed by atoms with Gasteiger partial charge in [0.1, 0.15) is 5.82 Å². The summed E-state index contributed by atoms with van der Waals surface area (Å²) in [5, 5.41) is 3.05. The number of anilines is 1. The van der Waals surface area contributed by atoms with Gasteiger partial charge in [-0.25, -0.2) is 9.97 Å². The number of piperazine rings is 1. The van der Waals surface area contributed by atoms with Gasteiger partial charge in [-0.1, -0.05) is 25.6 Å². The number of aromatic nitrogens is 3. The maximum absolute atomic E-state index is 12.9. The third-order valence-electron chi connectivity index (χ3n) is 6.84. The Bertz CT molecular complexity index is 1350. The molecule has 0 aliphatic carbocycles. The molecule has 1 aliphatic rings. The van der Waals surface area contributed by atoms with Crippen LogP contribution in [0.25, 0.3) is 11.3 Å². The maximum atomic E-state index is 12.9. The van der Waals surface area contributed by atoms with Crippen molar-refractivity contribution < 1.29 is 4.79 Å². The minimum absolute atomic E-state index is 0. The lowest BCUT2D eigenvalue weighted by molar-refractivity contribution is 0.102. The van der Waals surface area contributed by atoms with Crippen LogP contribution < -0.4 is 5.32 Å². The van der Waals surface area contributed by atoms with Gasteiger partial charge in [0.2, 0.25) is 0 Å². The molecule has 0 unspecified atom stereocenters. The molecule has 1 aliphatic heterocycles. The van der Waals surface area contributed by atoms with E-state index in [2.05, 4.69) is 51.2 Å². The molecule has 0 bridgehead atoms. The lowest BCUT2D eigenvalue weighted by atomic mass is 10.0. The Morgan fingerprint density at radius 3 is 2.50 bits per heavy atom. The van der Waals surface area contributed by atoms with E-state index in [9.17, 15) is 4.79 Å². The Hall–Kier alpha value is -3.94. The van der Waals surface area contributed by atoms with Gasteiger partial charge in [0.05, 0.1) is 5.69 Å². The van der Waals surface area contributed by atoms with E-state index < -0.39 is 0 Å². The molecule has 0 radical (unpaired) electrons. The zero-order valence-electron chi connectivity index (χ0n) is 21.4. The van der Waals surface area contributed by atoms with E-state index in [1.807, 2.05) is 48.5 Å². The maximum Gasteiger partial charge on any atom is 0.255 e. The van der Waals surface area contributed by atoms with Crippen LogP contribution in [0, 0.1) is 6.92 Å². The Labute approximate surface area is 225 Å². The first-order valence-corrected chi connectivity index (χ1v) is 12.7. The van der Waals surface area contributed by atoms with Crippen molar-refractivity contribution in [1.29, 1.82) is 0 Å². The van der Waals surface area contributed by atoms with E-state index in [4.69, 9.17) is 4.98 Å². The number of hydrogen-bond donors (Lipinski definition) is 1. The monoisotopic (exact) mass is 508 g/mol. The third kappa shape index (κ3) is 6.88. The van der Waals surface area contributed by atoms with E-state index in [1.54, 1.807) is 18.6 Å². The average molecular weight is 509 g/mol. The van der Waals surface area contributed by atoms with Gasteiger partial charge in [-0.05, 0) is 73.1 Å². The van der Waals surface area contributed by atoms with E-state index in [-0.39, 0.29) is 13.3 Å². The Morgan fingerprint density at radius 1 is 0.974 bits per heavy atom. The number of carbonyl (C=O) groups excluding carboxylic acids is 1. The largest absolute Gasteiger partial charge is 0.322 e. The number of nitrogens with one attached hydrogen (secondary N) is 1. The molecule has 2 aromatic carbocycles. The van der Waals surface area contributed by atoms with Crippen molar-refractivity contribution in [2.75, 3.05) is 38.5 Å². The first-order valence-electron chi connectivity index (χ1n) is 12.7. The molecule has 7 heteroatoms. The molecule has 0 spiro atoms. The highest BCUT2D eigenvalue weighted by Crippen LogP contribution is 2.21. The Balaban J connectivity index is 0.00000336. The Morgan fingerprint density at radius 2 is 1.76 bits per heavy atom. The minimum atomic E-state index is -0.115. The number of benzene rings is 2. The number of hydrogen-bond acceptors (Lipinski definition) is 6. The van der Waals surface area contributed by atoms with Crippen molar-refractivity contribution in [1.82, 2.24) is 24.8 Å². The summed E-state index contributed by atoms with van der Waals surface area (Å²) >= 11 is 0. The first-order chi connectivity index (χ1) is 18.0. The number of pyridine rings is 1. The van der Waals surface area contributed by atoms with Gasteiger partial charge in [-0.3, -0.25) is 14.7 Å². The molecule has 2 aromatic heterocycles. The van der Waals surface area contributed by atoms with Crippen LogP contribution in [-0.2, 0) is 13.0 Å². The van der Waals surface area contributed by atoms with Crippen LogP contribution in [0.2, 0.25) is 0 Å². The number of likely N-dealkylation sites (N-methyl/N-ethyl adjacent to an activating group) is 1. The predicted molar refractivity (Wildman–Crippen MR) is 153 cm³/mol. The summed E-state index contributed by atoms with van der Waals surface area (Å²) in [5.74, 6) is 0.611. The van der Waals surface area contributed by atoms with Crippen LogP contribution in [0.15, 0.2) is 79.3 Å². The van der Waals surface area contributed by atoms with Gasteiger partial charge < -0.3 is 10.2 Å². The highest BCUT2D eigenvalue weighted by atomic mass is 16.1. The molecule has 196 valence electrons. The SMILES string of the molecule is C.Cc1ccc(NC(=O)c2ccc(CN3CCN(C)CC3)cc2)cc1Cc1nccc(-c2cccnc2)n1. The molecule has 7 nitrogen and oxygen atoms in total. The summed E-state index contributed by atoms with van der Waals surface area (Å²) in [6.07, 6.45) is 5.90. The molecular weight excluding hydrogens is 472 g/mol. The summed E-state index contributed by atoms with van der Waals surface area (Å²) < 4.78 is 0.